The summed E-state index contributed by atoms with van der Waals surface area (Å²) in [6.07, 6.45) is 6.51. The summed E-state index contributed by atoms with van der Waals surface area (Å²) < 4.78 is 7.90. The number of likely N-dealkylation sites (tertiary alicyclic amines) is 1. The van der Waals surface area contributed by atoms with Crippen molar-refractivity contribution in [1.82, 2.24) is 19.6 Å². The number of nitrogens with zero attached hydrogens (tertiary/aromatic N) is 3. The van der Waals surface area contributed by atoms with Gasteiger partial charge in [-0.05, 0) is 79.9 Å². The maximum Gasteiger partial charge on any atom is 0.251 e. The first-order valence-corrected chi connectivity index (χ1v) is 11.9. The van der Waals surface area contributed by atoms with Crippen LogP contribution in [0.2, 0.25) is 0 Å². The van der Waals surface area contributed by atoms with Gasteiger partial charge >= 0.3 is 0 Å². The fourth-order valence-corrected chi connectivity index (χ4v) is 4.48. The van der Waals surface area contributed by atoms with E-state index in [0.717, 1.165) is 36.5 Å². The van der Waals surface area contributed by atoms with Gasteiger partial charge in [0.1, 0.15) is 18.0 Å². The van der Waals surface area contributed by atoms with Crippen LogP contribution in [0.3, 0.4) is 0 Å². The zero-order valence-corrected chi connectivity index (χ0v) is 19.5. The number of ether oxygens (including phenoxy) is 1. The second-order valence-electron chi connectivity index (χ2n) is 8.90. The molecule has 0 unspecified atom stereocenters. The number of hydrogen-bond donors (Lipinski definition) is 1. The minimum absolute atomic E-state index is 0.0849. The van der Waals surface area contributed by atoms with Gasteiger partial charge in [0.2, 0.25) is 0 Å². The van der Waals surface area contributed by atoms with Crippen LogP contribution in [0, 0.1) is 6.92 Å². The number of amides is 1. The molecule has 1 aliphatic heterocycles. The summed E-state index contributed by atoms with van der Waals surface area (Å²) in [5, 5.41) is 3.07. The quantitative estimate of drug-likeness (QED) is 0.418. The van der Waals surface area contributed by atoms with Crippen LogP contribution >= 0.6 is 0 Å². The van der Waals surface area contributed by atoms with Gasteiger partial charge in [-0.1, -0.05) is 30.3 Å². The van der Waals surface area contributed by atoms with Gasteiger partial charge in [0.25, 0.3) is 5.91 Å². The number of carbonyl (C=O) groups is 1. The molecule has 0 atom stereocenters. The number of imidazole rings is 1. The Balaban J connectivity index is 1.16. The molecule has 0 spiro atoms. The Kier molecular flexibility index (Phi) is 6.58. The summed E-state index contributed by atoms with van der Waals surface area (Å²) >= 11 is 0. The van der Waals surface area contributed by atoms with Gasteiger partial charge in [0.15, 0.2) is 0 Å². The Morgan fingerprint density at radius 1 is 1.00 bits per heavy atom. The van der Waals surface area contributed by atoms with Crippen LogP contribution in [-0.2, 0) is 19.7 Å². The van der Waals surface area contributed by atoms with Crippen LogP contribution in [-0.4, -0.2) is 33.3 Å². The predicted molar refractivity (Wildman–Crippen MR) is 133 cm³/mol. The van der Waals surface area contributed by atoms with Crippen molar-refractivity contribution in [2.75, 3.05) is 13.1 Å². The van der Waals surface area contributed by atoms with E-state index in [1.54, 1.807) is 12.1 Å². The summed E-state index contributed by atoms with van der Waals surface area (Å²) in [5.74, 6) is 0.625. The number of aryl methyl sites for hydroxylation is 1. The lowest BCUT2D eigenvalue weighted by molar-refractivity contribution is 0.0950. The molecule has 3 heterocycles. The number of nitrogens with one attached hydrogen (secondary N) is 1. The molecule has 1 N–H and O–H groups in total. The second kappa shape index (κ2) is 10.1. The maximum atomic E-state index is 12.7. The van der Waals surface area contributed by atoms with Gasteiger partial charge < -0.3 is 14.5 Å². The van der Waals surface area contributed by atoms with Crippen molar-refractivity contribution in [3.63, 3.8) is 0 Å². The molecule has 1 amide bonds. The highest BCUT2D eigenvalue weighted by Crippen LogP contribution is 2.18. The summed E-state index contributed by atoms with van der Waals surface area (Å²) in [5.41, 5.74) is 6.01. The molecule has 6 nitrogen and oxygen atoms in total. The molecule has 1 fully saturated rings. The molecule has 174 valence electrons. The van der Waals surface area contributed by atoms with Crippen molar-refractivity contribution in [2.24, 2.45) is 0 Å². The van der Waals surface area contributed by atoms with Crippen molar-refractivity contribution in [3.8, 4) is 5.75 Å². The van der Waals surface area contributed by atoms with E-state index in [1.807, 2.05) is 54.0 Å². The average Bonchev–Trinajstić information content (AvgIpc) is 3.53. The first kappa shape index (κ1) is 22.2. The third-order valence-corrected chi connectivity index (χ3v) is 6.38. The monoisotopic (exact) mass is 454 g/mol. The van der Waals surface area contributed by atoms with Gasteiger partial charge in [-0.15, -0.1) is 0 Å². The van der Waals surface area contributed by atoms with Gasteiger partial charge in [-0.3, -0.25) is 9.69 Å². The first-order valence-electron chi connectivity index (χ1n) is 11.9. The van der Waals surface area contributed by atoms with Crippen LogP contribution in [0.15, 0.2) is 73.1 Å². The van der Waals surface area contributed by atoms with E-state index >= 15 is 0 Å². The molecule has 0 radical (unpaired) electrons. The van der Waals surface area contributed by atoms with Gasteiger partial charge in [0.05, 0.1) is 5.69 Å². The molecule has 2 aromatic carbocycles. The lowest BCUT2D eigenvalue weighted by Gasteiger charge is -2.17. The highest BCUT2D eigenvalue weighted by atomic mass is 16.5. The van der Waals surface area contributed by atoms with E-state index in [4.69, 9.17) is 4.74 Å². The number of pyridine rings is 1. The average molecular weight is 455 g/mol. The Morgan fingerprint density at radius 3 is 2.53 bits per heavy atom. The second-order valence-corrected chi connectivity index (χ2v) is 8.90. The third kappa shape index (κ3) is 5.13. The van der Waals surface area contributed by atoms with E-state index < -0.39 is 0 Å². The van der Waals surface area contributed by atoms with Gasteiger partial charge in [-0.25, -0.2) is 4.98 Å². The molecular weight excluding hydrogens is 424 g/mol. The Morgan fingerprint density at radius 2 is 1.76 bits per heavy atom. The predicted octanol–water partition coefficient (Wildman–Crippen LogP) is 4.75. The normalized spacial score (nSPS) is 13.9. The third-order valence-electron chi connectivity index (χ3n) is 6.38. The Labute approximate surface area is 200 Å². The zero-order valence-electron chi connectivity index (χ0n) is 19.5. The number of rotatable bonds is 8. The summed E-state index contributed by atoms with van der Waals surface area (Å²) in [4.78, 5) is 19.8. The largest absolute Gasteiger partial charge is 0.487 e. The van der Waals surface area contributed by atoms with Crippen LogP contribution in [0.4, 0.5) is 0 Å². The van der Waals surface area contributed by atoms with Crippen molar-refractivity contribution in [2.45, 2.75) is 39.5 Å². The molecule has 5 rings (SSSR count). The lowest BCUT2D eigenvalue weighted by Crippen LogP contribution is -2.25. The number of carbonyl (C=O) groups excluding carboxylic acids is 1. The number of aromatic nitrogens is 2. The molecule has 0 aliphatic carbocycles. The van der Waals surface area contributed by atoms with Crippen LogP contribution < -0.4 is 10.1 Å². The first-order chi connectivity index (χ1) is 16.7. The minimum Gasteiger partial charge on any atom is -0.487 e. The van der Waals surface area contributed by atoms with Crippen molar-refractivity contribution in [3.05, 3.63) is 101 Å². The summed E-state index contributed by atoms with van der Waals surface area (Å²) in [6.45, 7) is 6.21. The molecular formula is C28H30N4O2. The molecule has 34 heavy (non-hydrogen) atoms. The van der Waals surface area contributed by atoms with Crippen LogP contribution in [0.25, 0.3) is 5.65 Å². The fraction of sp³-hybridized carbons (Fsp3) is 0.286. The van der Waals surface area contributed by atoms with Crippen LogP contribution in [0.5, 0.6) is 5.75 Å². The van der Waals surface area contributed by atoms with Crippen LogP contribution in [0.1, 0.15) is 45.6 Å². The molecule has 1 saturated heterocycles. The molecule has 0 bridgehead atoms. The topological polar surface area (TPSA) is 58.9 Å². The number of fused-ring (bicyclic) bond motifs is 1. The molecule has 4 aromatic rings. The van der Waals surface area contributed by atoms with E-state index in [1.165, 1.54) is 24.0 Å². The van der Waals surface area contributed by atoms with Gasteiger partial charge in [-0.2, -0.15) is 0 Å². The lowest BCUT2D eigenvalue weighted by atomic mass is 10.1. The van der Waals surface area contributed by atoms with E-state index in [0.29, 0.717) is 24.5 Å². The molecule has 6 heteroatoms. The van der Waals surface area contributed by atoms with Crippen molar-refractivity contribution < 1.29 is 9.53 Å². The summed E-state index contributed by atoms with van der Waals surface area (Å²) in [6, 6.07) is 19.7. The molecule has 0 saturated carbocycles. The highest BCUT2D eigenvalue weighted by molar-refractivity contribution is 5.94. The highest BCUT2D eigenvalue weighted by Gasteiger charge is 2.14. The standard InChI is InChI=1S/C28H30N4O2/c1-21-7-6-16-32-19-25(30-27(21)32)20-34-26-12-10-22(11-13-26)28(33)29-17-23-8-2-3-9-24(23)18-31-14-4-5-15-31/h2-3,6-13,16,19H,4-5,14-15,17-18,20H2,1H3,(H,29,33). The minimum atomic E-state index is -0.0849. The SMILES string of the molecule is Cc1cccn2cc(COc3ccc(C(=O)NCc4ccccc4CN4CCCC4)cc3)nc12. The smallest absolute Gasteiger partial charge is 0.251 e. The van der Waals surface area contributed by atoms with E-state index in [-0.39, 0.29) is 5.91 Å². The fourth-order valence-electron chi connectivity index (χ4n) is 4.48. The van der Waals surface area contributed by atoms with Crippen molar-refractivity contribution >= 4 is 11.6 Å². The maximum absolute atomic E-state index is 12.7. The Hall–Kier alpha value is -3.64. The number of hydrogen-bond acceptors (Lipinski definition) is 4. The van der Waals surface area contributed by atoms with E-state index in [2.05, 4.69) is 33.4 Å². The van der Waals surface area contributed by atoms with Gasteiger partial charge in [0, 0.05) is 31.0 Å². The van der Waals surface area contributed by atoms with Crippen molar-refractivity contribution in [1.29, 1.82) is 0 Å². The zero-order chi connectivity index (χ0) is 23.3. The molecule has 2 aromatic heterocycles. The molecule has 1 aliphatic rings. The summed E-state index contributed by atoms with van der Waals surface area (Å²) in [7, 11) is 0. The number of benzene rings is 2. The van der Waals surface area contributed by atoms with E-state index in [9.17, 15) is 4.79 Å². The Bertz CT molecular complexity index is 1270.